The average Bonchev–Trinajstić information content (AvgIpc) is 2.26. The van der Waals surface area contributed by atoms with Crippen molar-refractivity contribution in [2.75, 3.05) is 20.2 Å². The van der Waals surface area contributed by atoms with Crippen LogP contribution in [0.2, 0.25) is 0 Å². The van der Waals surface area contributed by atoms with Crippen molar-refractivity contribution in [3.8, 4) is 0 Å². The highest BCUT2D eigenvalue weighted by Gasteiger charge is 2.25. The lowest BCUT2D eigenvalue weighted by molar-refractivity contribution is -0.145. The molecule has 0 N–H and O–H groups in total. The molecule has 0 aliphatic rings. The highest BCUT2D eigenvalue weighted by atomic mass is 16.6. The number of hydrogen-bond donors (Lipinski definition) is 0. The lowest BCUT2D eigenvalue weighted by Crippen LogP contribution is -2.50. The van der Waals surface area contributed by atoms with Gasteiger partial charge in [0, 0.05) is 19.6 Å². The summed E-state index contributed by atoms with van der Waals surface area (Å²) >= 11 is 0. The number of rotatable bonds is 6. The van der Waals surface area contributed by atoms with Crippen LogP contribution in [0.4, 0.5) is 4.79 Å². The number of nitrogens with zero attached hydrogens (tertiary/aromatic N) is 2. The molecule has 118 valence electrons. The molecule has 0 bridgehead atoms. The minimum Gasteiger partial charge on any atom is -0.466 e. The molecule has 1 amide bonds. The van der Waals surface area contributed by atoms with E-state index in [1.807, 2.05) is 34.6 Å². The predicted octanol–water partition coefficient (Wildman–Crippen LogP) is 2.43. The number of ether oxygens (including phenoxy) is 2. The molecule has 6 nitrogen and oxygen atoms in total. The van der Waals surface area contributed by atoms with Crippen LogP contribution in [0.3, 0.4) is 0 Å². The van der Waals surface area contributed by atoms with E-state index in [0.717, 1.165) is 0 Å². The highest BCUT2D eigenvalue weighted by Crippen LogP contribution is 2.12. The molecule has 0 fully saturated rings. The number of hydrazine groups is 1. The first kappa shape index (κ1) is 18.7. The molecule has 0 rings (SSSR count). The molecule has 20 heavy (non-hydrogen) atoms. The topological polar surface area (TPSA) is 59.1 Å². The molecule has 0 saturated carbocycles. The fourth-order valence-electron chi connectivity index (χ4n) is 1.63. The van der Waals surface area contributed by atoms with Gasteiger partial charge in [-0.15, -0.1) is 0 Å². The van der Waals surface area contributed by atoms with Gasteiger partial charge in [0.2, 0.25) is 0 Å². The Kier molecular flexibility index (Phi) is 7.57. The maximum atomic E-state index is 12.0. The molecule has 0 aliphatic heterocycles. The van der Waals surface area contributed by atoms with E-state index in [-0.39, 0.29) is 18.4 Å². The van der Waals surface area contributed by atoms with Gasteiger partial charge in [0.1, 0.15) is 5.60 Å². The molecular weight excluding hydrogens is 260 g/mol. The summed E-state index contributed by atoms with van der Waals surface area (Å²) in [5.74, 6) is -0.268. The zero-order valence-electron chi connectivity index (χ0n) is 13.7. The second kappa shape index (κ2) is 8.09. The molecule has 0 aromatic heterocycles. The Morgan fingerprint density at radius 3 is 2.15 bits per heavy atom. The summed E-state index contributed by atoms with van der Waals surface area (Å²) in [6, 6.07) is 0.0712. The number of amides is 1. The van der Waals surface area contributed by atoms with Crippen molar-refractivity contribution in [1.82, 2.24) is 10.0 Å². The van der Waals surface area contributed by atoms with Crippen molar-refractivity contribution in [1.29, 1.82) is 0 Å². The Hall–Kier alpha value is -1.30. The second-order valence-electron chi connectivity index (χ2n) is 5.82. The predicted molar refractivity (Wildman–Crippen MR) is 77.1 cm³/mol. The zero-order chi connectivity index (χ0) is 15.9. The third-order valence-corrected chi connectivity index (χ3v) is 2.49. The van der Waals surface area contributed by atoms with E-state index in [1.165, 1.54) is 5.01 Å². The largest absolute Gasteiger partial charge is 0.466 e. The summed E-state index contributed by atoms with van der Waals surface area (Å²) in [7, 11) is 1.64. The summed E-state index contributed by atoms with van der Waals surface area (Å²) in [4.78, 5) is 23.4. The van der Waals surface area contributed by atoms with E-state index in [0.29, 0.717) is 13.2 Å². The van der Waals surface area contributed by atoms with E-state index in [2.05, 4.69) is 0 Å². The number of hydrogen-bond acceptors (Lipinski definition) is 5. The Morgan fingerprint density at radius 1 is 1.20 bits per heavy atom. The number of carbonyl (C=O) groups excluding carboxylic acids is 2. The Labute approximate surface area is 122 Å². The normalized spacial score (nSPS) is 11.7. The van der Waals surface area contributed by atoms with Gasteiger partial charge in [0.05, 0.1) is 13.0 Å². The first-order valence-electron chi connectivity index (χ1n) is 6.97. The monoisotopic (exact) mass is 288 g/mol. The summed E-state index contributed by atoms with van der Waals surface area (Å²) in [6.45, 7) is 11.9. The van der Waals surface area contributed by atoms with Crippen LogP contribution in [-0.2, 0) is 14.3 Å². The van der Waals surface area contributed by atoms with E-state index in [9.17, 15) is 9.59 Å². The van der Waals surface area contributed by atoms with Gasteiger partial charge < -0.3 is 9.47 Å². The number of esters is 1. The number of carbonyl (C=O) groups is 2. The third-order valence-electron chi connectivity index (χ3n) is 2.49. The van der Waals surface area contributed by atoms with Crippen molar-refractivity contribution >= 4 is 12.1 Å². The second-order valence-corrected chi connectivity index (χ2v) is 5.82. The zero-order valence-corrected chi connectivity index (χ0v) is 13.7. The van der Waals surface area contributed by atoms with Gasteiger partial charge in [-0.05, 0) is 41.5 Å². The first-order chi connectivity index (χ1) is 9.08. The summed E-state index contributed by atoms with van der Waals surface area (Å²) in [6.07, 6.45) is -0.200. The molecule has 0 aromatic rings. The van der Waals surface area contributed by atoms with Gasteiger partial charge in [-0.1, -0.05) is 0 Å². The van der Waals surface area contributed by atoms with Gasteiger partial charge in [-0.3, -0.25) is 4.79 Å². The first-order valence-corrected chi connectivity index (χ1v) is 6.97. The van der Waals surface area contributed by atoms with Crippen LogP contribution in [0.1, 0.15) is 48.0 Å². The molecule has 0 atom stereocenters. The Morgan fingerprint density at radius 2 is 1.75 bits per heavy atom. The lowest BCUT2D eigenvalue weighted by Gasteiger charge is -2.35. The fourth-order valence-corrected chi connectivity index (χ4v) is 1.63. The average molecular weight is 288 g/mol. The molecule has 0 spiro atoms. The van der Waals surface area contributed by atoms with Crippen molar-refractivity contribution in [2.24, 2.45) is 0 Å². The standard InChI is InChI=1S/C14H28N2O4/c1-8-19-12(17)9-10-16(11(2)3)15(7)13(18)20-14(4,5)6/h11H,8-10H2,1-7H3. The molecular formula is C14H28N2O4. The third kappa shape index (κ3) is 7.33. The Balaban J connectivity index is 4.58. The minimum atomic E-state index is -0.546. The summed E-state index contributed by atoms with van der Waals surface area (Å²) in [5, 5.41) is 3.19. The SMILES string of the molecule is CCOC(=O)CCN(C(C)C)N(C)C(=O)OC(C)(C)C. The van der Waals surface area contributed by atoms with Gasteiger partial charge >= 0.3 is 12.1 Å². The van der Waals surface area contributed by atoms with Crippen LogP contribution in [0.15, 0.2) is 0 Å². The van der Waals surface area contributed by atoms with Crippen LogP contribution in [-0.4, -0.2) is 53.9 Å². The lowest BCUT2D eigenvalue weighted by atomic mass is 10.2. The van der Waals surface area contributed by atoms with Crippen LogP contribution < -0.4 is 0 Å². The summed E-state index contributed by atoms with van der Waals surface area (Å²) < 4.78 is 10.2. The maximum Gasteiger partial charge on any atom is 0.424 e. The molecule has 0 heterocycles. The van der Waals surface area contributed by atoms with Crippen LogP contribution in [0, 0.1) is 0 Å². The van der Waals surface area contributed by atoms with Crippen molar-refractivity contribution in [2.45, 2.75) is 59.6 Å². The van der Waals surface area contributed by atoms with Gasteiger partial charge in [-0.2, -0.15) is 0 Å². The smallest absolute Gasteiger partial charge is 0.424 e. The summed E-state index contributed by atoms with van der Waals surface area (Å²) in [5.41, 5.74) is -0.546. The Bertz CT molecular complexity index is 324. The highest BCUT2D eigenvalue weighted by molar-refractivity contribution is 5.70. The van der Waals surface area contributed by atoms with Crippen molar-refractivity contribution in [3.05, 3.63) is 0 Å². The van der Waals surface area contributed by atoms with Crippen LogP contribution in [0.5, 0.6) is 0 Å². The molecule has 0 aliphatic carbocycles. The van der Waals surface area contributed by atoms with Crippen molar-refractivity contribution in [3.63, 3.8) is 0 Å². The molecule has 0 aromatic carbocycles. The van der Waals surface area contributed by atoms with Gasteiger partial charge in [0.15, 0.2) is 0 Å². The van der Waals surface area contributed by atoms with E-state index in [1.54, 1.807) is 19.0 Å². The van der Waals surface area contributed by atoms with E-state index in [4.69, 9.17) is 9.47 Å². The van der Waals surface area contributed by atoms with Crippen LogP contribution in [0.25, 0.3) is 0 Å². The van der Waals surface area contributed by atoms with E-state index < -0.39 is 11.7 Å². The molecule has 0 saturated heterocycles. The quantitative estimate of drug-likeness (QED) is 0.555. The van der Waals surface area contributed by atoms with Crippen LogP contribution >= 0.6 is 0 Å². The molecule has 6 heteroatoms. The van der Waals surface area contributed by atoms with E-state index >= 15 is 0 Å². The molecule has 0 radical (unpaired) electrons. The maximum absolute atomic E-state index is 12.0. The molecule has 0 unspecified atom stereocenters. The fraction of sp³-hybridized carbons (Fsp3) is 0.857. The van der Waals surface area contributed by atoms with Gasteiger partial charge in [0.25, 0.3) is 0 Å². The van der Waals surface area contributed by atoms with Crippen molar-refractivity contribution < 1.29 is 19.1 Å². The minimum absolute atomic E-state index is 0.0712. The van der Waals surface area contributed by atoms with Gasteiger partial charge in [-0.25, -0.2) is 14.8 Å².